The van der Waals surface area contributed by atoms with Gasteiger partial charge in [-0.3, -0.25) is 4.90 Å². The summed E-state index contributed by atoms with van der Waals surface area (Å²) >= 11 is 0. The molecule has 0 radical (unpaired) electrons. The molecule has 0 amide bonds. The second-order valence-electron chi connectivity index (χ2n) is 5.49. The fourth-order valence-electron chi connectivity index (χ4n) is 2.44. The summed E-state index contributed by atoms with van der Waals surface area (Å²) in [5.74, 6) is 0. The Balaban J connectivity index is 2.03. The van der Waals surface area contributed by atoms with Gasteiger partial charge in [0.05, 0.1) is 6.10 Å². The monoisotopic (exact) mass is 272 g/mol. The maximum atomic E-state index is 10.0. The summed E-state index contributed by atoms with van der Waals surface area (Å²) in [4.78, 5) is 7.09. The highest BCUT2D eigenvalue weighted by Gasteiger charge is 2.16. The Morgan fingerprint density at radius 3 is 2.37 bits per heavy atom. The van der Waals surface area contributed by atoms with Crippen molar-refractivity contribution in [3.8, 4) is 0 Å². The van der Waals surface area contributed by atoms with Crippen molar-refractivity contribution >= 4 is 0 Å². The molecule has 1 saturated heterocycles. The molecular formula is C14H32N4O. The third kappa shape index (κ3) is 7.22. The highest BCUT2D eigenvalue weighted by Crippen LogP contribution is 2.00. The van der Waals surface area contributed by atoms with Crippen molar-refractivity contribution in [1.29, 1.82) is 0 Å². The molecule has 0 aromatic rings. The molecule has 114 valence electrons. The zero-order valence-electron chi connectivity index (χ0n) is 12.9. The molecule has 0 aromatic heterocycles. The summed E-state index contributed by atoms with van der Waals surface area (Å²) in [7, 11) is 2.16. The zero-order valence-corrected chi connectivity index (χ0v) is 12.9. The van der Waals surface area contributed by atoms with Crippen LogP contribution >= 0.6 is 0 Å². The van der Waals surface area contributed by atoms with Gasteiger partial charge in [0.1, 0.15) is 0 Å². The number of hydrogen-bond acceptors (Lipinski definition) is 5. The topological polar surface area (TPSA) is 42.0 Å². The van der Waals surface area contributed by atoms with Gasteiger partial charge in [-0.05, 0) is 20.1 Å². The Bertz CT molecular complexity index is 215. The predicted molar refractivity (Wildman–Crippen MR) is 80.6 cm³/mol. The summed E-state index contributed by atoms with van der Waals surface area (Å²) in [5, 5.41) is 13.4. The molecule has 5 heteroatoms. The summed E-state index contributed by atoms with van der Waals surface area (Å²) in [6.45, 7) is 14.5. The van der Waals surface area contributed by atoms with Crippen LogP contribution in [0.1, 0.15) is 13.8 Å². The lowest BCUT2D eigenvalue weighted by atomic mass is 10.2. The number of hydrogen-bond donors (Lipinski definition) is 2. The minimum Gasteiger partial charge on any atom is -0.390 e. The van der Waals surface area contributed by atoms with Gasteiger partial charge in [-0.25, -0.2) is 0 Å². The van der Waals surface area contributed by atoms with E-state index in [-0.39, 0.29) is 6.10 Å². The summed E-state index contributed by atoms with van der Waals surface area (Å²) in [6.07, 6.45) is -0.250. The smallest absolute Gasteiger partial charge is 0.0791 e. The molecule has 0 saturated carbocycles. The van der Waals surface area contributed by atoms with E-state index in [9.17, 15) is 5.11 Å². The van der Waals surface area contributed by atoms with E-state index in [1.165, 1.54) is 0 Å². The highest BCUT2D eigenvalue weighted by atomic mass is 16.3. The van der Waals surface area contributed by atoms with Crippen LogP contribution in [0.2, 0.25) is 0 Å². The van der Waals surface area contributed by atoms with Crippen molar-refractivity contribution in [2.24, 2.45) is 0 Å². The number of β-amino-alcohol motifs (C(OH)–C–C–N with tert-alkyl or cyclic N) is 1. The molecule has 2 N–H and O–H groups in total. The van der Waals surface area contributed by atoms with Crippen molar-refractivity contribution < 1.29 is 5.11 Å². The minimum atomic E-state index is -0.250. The molecule has 0 unspecified atom stereocenters. The van der Waals surface area contributed by atoms with Crippen molar-refractivity contribution in [3.05, 3.63) is 0 Å². The van der Waals surface area contributed by atoms with Gasteiger partial charge in [-0.1, -0.05) is 13.8 Å². The molecule has 0 bridgehead atoms. The quantitative estimate of drug-likeness (QED) is 0.555. The lowest BCUT2D eigenvalue weighted by molar-refractivity contribution is 0.0799. The fraction of sp³-hybridized carbons (Fsp3) is 1.00. The van der Waals surface area contributed by atoms with E-state index in [4.69, 9.17) is 0 Å². The molecule has 19 heavy (non-hydrogen) atoms. The lowest BCUT2D eigenvalue weighted by Crippen LogP contribution is -2.48. The van der Waals surface area contributed by atoms with Gasteiger partial charge in [-0.15, -0.1) is 0 Å². The molecule has 1 atom stereocenters. The largest absolute Gasteiger partial charge is 0.390 e. The van der Waals surface area contributed by atoms with Crippen LogP contribution in [0.4, 0.5) is 0 Å². The van der Waals surface area contributed by atoms with Crippen molar-refractivity contribution in [2.45, 2.75) is 20.0 Å². The van der Waals surface area contributed by atoms with E-state index in [0.29, 0.717) is 6.54 Å². The summed E-state index contributed by atoms with van der Waals surface area (Å²) < 4.78 is 0. The number of likely N-dealkylation sites (N-methyl/N-ethyl adjacent to an activating group) is 2. The van der Waals surface area contributed by atoms with Gasteiger partial charge in [0.15, 0.2) is 0 Å². The van der Waals surface area contributed by atoms with Gasteiger partial charge in [0.2, 0.25) is 0 Å². The van der Waals surface area contributed by atoms with E-state index in [1.54, 1.807) is 0 Å². The number of aliphatic hydroxyl groups is 1. The molecule has 1 aliphatic rings. The molecule has 1 aliphatic heterocycles. The first-order valence-electron chi connectivity index (χ1n) is 7.67. The maximum Gasteiger partial charge on any atom is 0.0791 e. The molecule has 0 aliphatic carbocycles. The van der Waals surface area contributed by atoms with Gasteiger partial charge in [-0.2, -0.15) is 0 Å². The normalized spacial score (nSPS) is 20.1. The molecule has 1 fully saturated rings. The predicted octanol–water partition coefficient (Wildman–Crippen LogP) is -0.474. The third-order valence-corrected chi connectivity index (χ3v) is 3.94. The standard InChI is InChI=1S/C14H32N4O/c1-4-17(5-2)7-6-15-12-14(19)13-18-10-8-16(3)9-11-18/h14-15,19H,4-13H2,1-3H3/t14-/m0/s1. The van der Waals surface area contributed by atoms with E-state index < -0.39 is 0 Å². The van der Waals surface area contributed by atoms with E-state index in [1.807, 2.05) is 0 Å². The summed E-state index contributed by atoms with van der Waals surface area (Å²) in [5.41, 5.74) is 0. The van der Waals surface area contributed by atoms with Crippen LogP contribution in [0.3, 0.4) is 0 Å². The van der Waals surface area contributed by atoms with Gasteiger partial charge >= 0.3 is 0 Å². The average molecular weight is 272 g/mol. The fourth-order valence-corrected chi connectivity index (χ4v) is 2.44. The van der Waals surface area contributed by atoms with Crippen LogP contribution in [0, 0.1) is 0 Å². The molecule has 1 heterocycles. The zero-order chi connectivity index (χ0) is 14.1. The SMILES string of the molecule is CCN(CC)CCNC[C@H](O)CN1CCN(C)CC1. The Morgan fingerprint density at radius 2 is 1.79 bits per heavy atom. The van der Waals surface area contributed by atoms with Crippen LogP contribution in [0.5, 0.6) is 0 Å². The first-order chi connectivity index (χ1) is 9.15. The molecule has 0 spiro atoms. The van der Waals surface area contributed by atoms with Gasteiger partial charge < -0.3 is 20.2 Å². The van der Waals surface area contributed by atoms with Gasteiger partial charge in [0.25, 0.3) is 0 Å². The maximum absolute atomic E-state index is 10.0. The van der Waals surface area contributed by atoms with Crippen LogP contribution in [-0.2, 0) is 0 Å². The van der Waals surface area contributed by atoms with E-state index in [0.717, 1.165) is 58.9 Å². The Hall–Kier alpha value is -0.200. The average Bonchev–Trinajstić information content (AvgIpc) is 2.42. The number of nitrogens with one attached hydrogen (secondary N) is 1. The first kappa shape index (κ1) is 16.9. The molecule has 5 nitrogen and oxygen atoms in total. The van der Waals surface area contributed by atoms with Crippen LogP contribution < -0.4 is 5.32 Å². The van der Waals surface area contributed by atoms with Crippen LogP contribution in [0.25, 0.3) is 0 Å². The van der Waals surface area contributed by atoms with Crippen molar-refractivity contribution in [3.63, 3.8) is 0 Å². The number of piperazine rings is 1. The molecule has 0 aromatic carbocycles. The van der Waals surface area contributed by atoms with Crippen LogP contribution in [-0.4, -0.2) is 98.4 Å². The second kappa shape index (κ2) is 9.66. The van der Waals surface area contributed by atoms with Crippen molar-refractivity contribution in [2.75, 3.05) is 72.5 Å². The third-order valence-electron chi connectivity index (χ3n) is 3.94. The lowest BCUT2D eigenvalue weighted by Gasteiger charge is -2.33. The number of nitrogens with zero attached hydrogens (tertiary/aromatic N) is 3. The van der Waals surface area contributed by atoms with Crippen LogP contribution in [0.15, 0.2) is 0 Å². The van der Waals surface area contributed by atoms with Crippen molar-refractivity contribution in [1.82, 2.24) is 20.0 Å². The molecular weight excluding hydrogens is 240 g/mol. The minimum absolute atomic E-state index is 0.250. The van der Waals surface area contributed by atoms with Gasteiger partial charge in [0, 0.05) is 52.4 Å². The Morgan fingerprint density at radius 1 is 1.16 bits per heavy atom. The first-order valence-corrected chi connectivity index (χ1v) is 7.67. The second-order valence-corrected chi connectivity index (χ2v) is 5.49. The van der Waals surface area contributed by atoms with E-state index in [2.05, 4.69) is 40.9 Å². The highest BCUT2D eigenvalue weighted by molar-refractivity contribution is 4.73. The molecule has 1 rings (SSSR count). The number of aliphatic hydroxyl groups excluding tert-OH is 1. The Labute approximate surface area is 118 Å². The van der Waals surface area contributed by atoms with E-state index >= 15 is 0 Å². The Kier molecular flexibility index (Phi) is 8.57. The summed E-state index contributed by atoms with van der Waals surface area (Å²) in [6, 6.07) is 0. The number of rotatable bonds is 9.